The summed E-state index contributed by atoms with van der Waals surface area (Å²) >= 11 is 0. The zero-order valence-corrected chi connectivity index (χ0v) is 9.32. The van der Waals surface area contributed by atoms with E-state index in [-0.39, 0.29) is 5.92 Å². The SMILES string of the molecule is ON=C1CCN[C@H]2CCC3(C[C@H]12)OCCO3. The first-order valence-corrected chi connectivity index (χ1v) is 6.05. The highest BCUT2D eigenvalue weighted by Crippen LogP contribution is 2.40. The highest BCUT2D eigenvalue weighted by molar-refractivity contribution is 5.88. The number of fused-ring (bicyclic) bond motifs is 1. The number of ether oxygens (including phenoxy) is 2. The molecule has 0 aromatic carbocycles. The van der Waals surface area contributed by atoms with E-state index in [1.54, 1.807) is 0 Å². The Morgan fingerprint density at radius 2 is 2.19 bits per heavy atom. The summed E-state index contributed by atoms with van der Waals surface area (Å²) in [7, 11) is 0. The Hall–Kier alpha value is -0.650. The highest BCUT2D eigenvalue weighted by Gasteiger charge is 2.47. The van der Waals surface area contributed by atoms with Crippen LogP contribution in [-0.4, -0.2) is 42.5 Å². The Morgan fingerprint density at radius 1 is 1.38 bits per heavy atom. The van der Waals surface area contributed by atoms with Crippen LogP contribution in [0.5, 0.6) is 0 Å². The van der Waals surface area contributed by atoms with E-state index >= 15 is 0 Å². The molecule has 0 aromatic heterocycles. The minimum absolute atomic E-state index is 0.269. The third-order valence-electron chi connectivity index (χ3n) is 4.01. The van der Waals surface area contributed by atoms with Gasteiger partial charge in [-0.05, 0) is 6.42 Å². The monoisotopic (exact) mass is 226 g/mol. The molecule has 90 valence electrons. The van der Waals surface area contributed by atoms with E-state index in [1.165, 1.54) is 0 Å². The van der Waals surface area contributed by atoms with Crippen LogP contribution in [0.15, 0.2) is 5.16 Å². The second kappa shape index (κ2) is 3.98. The molecule has 2 atom stereocenters. The lowest BCUT2D eigenvalue weighted by atomic mass is 9.75. The minimum atomic E-state index is -0.393. The first-order valence-electron chi connectivity index (χ1n) is 6.05. The Labute approximate surface area is 94.8 Å². The summed E-state index contributed by atoms with van der Waals surface area (Å²) in [6.45, 7) is 2.29. The summed E-state index contributed by atoms with van der Waals surface area (Å²) in [6, 6.07) is 0.429. The van der Waals surface area contributed by atoms with Crippen molar-refractivity contribution in [3.8, 4) is 0 Å². The summed E-state index contributed by atoms with van der Waals surface area (Å²) in [4.78, 5) is 0. The van der Waals surface area contributed by atoms with Gasteiger partial charge in [0, 0.05) is 37.8 Å². The van der Waals surface area contributed by atoms with Gasteiger partial charge in [-0.3, -0.25) is 0 Å². The number of hydrogen-bond acceptors (Lipinski definition) is 5. The van der Waals surface area contributed by atoms with Crippen molar-refractivity contribution in [1.29, 1.82) is 0 Å². The number of rotatable bonds is 0. The fourth-order valence-corrected chi connectivity index (χ4v) is 3.20. The van der Waals surface area contributed by atoms with Gasteiger partial charge in [0.05, 0.1) is 18.9 Å². The lowest BCUT2D eigenvalue weighted by Crippen LogP contribution is -2.54. The van der Waals surface area contributed by atoms with Crippen molar-refractivity contribution in [2.75, 3.05) is 19.8 Å². The van der Waals surface area contributed by atoms with E-state index in [1.807, 2.05) is 0 Å². The largest absolute Gasteiger partial charge is 0.411 e. The standard InChI is InChI=1S/C11H18N2O3/c14-13-10-2-4-12-9-1-3-11(7-8(9)10)15-5-6-16-11/h8-9,12,14H,1-7H2/t8-,9-/m0/s1. The average Bonchev–Trinajstić information content (AvgIpc) is 2.77. The maximum Gasteiger partial charge on any atom is 0.169 e. The van der Waals surface area contributed by atoms with Gasteiger partial charge in [0.15, 0.2) is 5.79 Å². The topological polar surface area (TPSA) is 63.1 Å². The van der Waals surface area contributed by atoms with Crippen LogP contribution in [0.3, 0.4) is 0 Å². The molecule has 1 aliphatic carbocycles. The fraction of sp³-hybridized carbons (Fsp3) is 0.909. The summed E-state index contributed by atoms with van der Waals surface area (Å²) < 4.78 is 11.5. The molecule has 5 heteroatoms. The molecule has 0 amide bonds. The Balaban J connectivity index is 1.79. The molecule has 5 nitrogen and oxygen atoms in total. The van der Waals surface area contributed by atoms with Gasteiger partial charge in [0.2, 0.25) is 0 Å². The maximum atomic E-state index is 9.04. The van der Waals surface area contributed by atoms with Gasteiger partial charge in [-0.2, -0.15) is 0 Å². The van der Waals surface area contributed by atoms with Crippen LogP contribution in [0.2, 0.25) is 0 Å². The molecule has 0 unspecified atom stereocenters. The first kappa shape index (κ1) is 10.5. The van der Waals surface area contributed by atoms with Crippen LogP contribution in [-0.2, 0) is 9.47 Å². The zero-order valence-electron chi connectivity index (χ0n) is 9.32. The van der Waals surface area contributed by atoms with Gasteiger partial charge in [-0.15, -0.1) is 0 Å². The lowest BCUT2D eigenvalue weighted by Gasteiger charge is -2.43. The molecule has 2 saturated heterocycles. The van der Waals surface area contributed by atoms with Gasteiger partial charge in [-0.25, -0.2) is 0 Å². The van der Waals surface area contributed by atoms with Gasteiger partial charge >= 0.3 is 0 Å². The molecule has 2 N–H and O–H groups in total. The molecular formula is C11H18N2O3. The Bertz CT molecular complexity index is 300. The van der Waals surface area contributed by atoms with Gasteiger partial charge in [0.1, 0.15) is 0 Å². The van der Waals surface area contributed by atoms with Gasteiger partial charge < -0.3 is 20.0 Å². The molecule has 2 aliphatic heterocycles. The lowest BCUT2D eigenvalue weighted by molar-refractivity contribution is -0.186. The second-order valence-electron chi connectivity index (χ2n) is 4.86. The van der Waals surface area contributed by atoms with Crippen molar-refractivity contribution < 1.29 is 14.7 Å². The Morgan fingerprint density at radius 3 is 2.94 bits per heavy atom. The van der Waals surface area contributed by atoms with Crippen LogP contribution >= 0.6 is 0 Å². The van der Waals surface area contributed by atoms with E-state index in [9.17, 15) is 0 Å². The molecule has 3 rings (SSSR count). The van der Waals surface area contributed by atoms with Crippen molar-refractivity contribution in [2.24, 2.45) is 11.1 Å². The van der Waals surface area contributed by atoms with Crippen molar-refractivity contribution >= 4 is 5.71 Å². The maximum absolute atomic E-state index is 9.04. The van der Waals surface area contributed by atoms with E-state index in [2.05, 4.69) is 10.5 Å². The molecule has 3 fully saturated rings. The molecule has 1 spiro atoms. The minimum Gasteiger partial charge on any atom is -0.411 e. The van der Waals surface area contributed by atoms with Crippen LogP contribution in [0, 0.1) is 5.92 Å². The molecule has 0 radical (unpaired) electrons. The Kier molecular flexibility index (Phi) is 2.61. The molecule has 1 saturated carbocycles. The highest BCUT2D eigenvalue weighted by atomic mass is 16.7. The van der Waals surface area contributed by atoms with Gasteiger partial charge in [0.25, 0.3) is 0 Å². The van der Waals surface area contributed by atoms with E-state index in [4.69, 9.17) is 14.7 Å². The summed E-state index contributed by atoms with van der Waals surface area (Å²) in [5.74, 6) is -0.124. The van der Waals surface area contributed by atoms with Crippen LogP contribution in [0.1, 0.15) is 25.7 Å². The molecule has 0 bridgehead atoms. The van der Waals surface area contributed by atoms with Crippen LogP contribution in [0.25, 0.3) is 0 Å². The van der Waals surface area contributed by atoms with Gasteiger partial charge in [-0.1, -0.05) is 5.16 Å². The number of oxime groups is 1. The van der Waals surface area contributed by atoms with Crippen molar-refractivity contribution in [3.05, 3.63) is 0 Å². The smallest absolute Gasteiger partial charge is 0.169 e. The molecular weight excluding hydrogens is 208 g/mol. The molecule has 16 heavy (non-hydrogen) atoms. The van der Waals surface area contributed by atoms with Crippen molar-refractivity contribution in [2.45, 2.75) is 37.5 Å². The summed E-state index contributed by atoms with van der Waals surface area (Å²) in [6.07, 6.45) is 3.63. The first-order chi connectivity index (χ1) is 7.83. The third kappa shape index (κ3) is 1.63. The van der Waals surface area contributed by atoms with Crippen LogP contribution in [0.4, 0.5) is 0 Å². The quantitative estimate of drug-likeness (QED) is 0.472. The fourth-order valence-electron chi connectivity index (χ4n) is 3.20. The molecule has 3 aliphatic rings. The number of nitrogens with zero attached hydrogens (tertiary/aromatic N) is 1. The number of hydrogen-bond donors (Lipinski definition) is 2. The number of piperidine rings is 1. The van der Waals surface area contributed by atoms with Crippen molar-refractivity contribution in [1.82, 2.24) is 5.32 Å². The molecule has 2 heterocycles. The predicted molar refractivity (Wildman–Crippen MR) is 57.6 cm³/mol. The second-order valence-corrected chi connectivity index (χ2v) is 4.86. The number of nitrogens with one attached hydrogen (secondary N) is 1. The van der Waals surface area contributed by atoms with Crippen LogP contribution < -0.4 is 5.32 Å². The normalized spacial score (nSPS) is 40.1. The van der Waals surface area contributed by atoms with E-state index < -0.39 is 5.79 Å². The summed E-state index contributed by atoms with van der Waals surface area (Å²) in [5, 5.41) is 16.0. The van der Waals surface area contributed by atoms with Crippen molar-refractivity contribution in [3.63, 3.8) is 0 Å². The zero-order chi connectivity index (χ0) is 11.0. The van der Waals surface area contributed by atoms with E-state index in [0.717, 1.165) is 37.9 Å². The van der Waals surface area contributed by atoms with E-state index in [0.29, 0.717) is 19.3 Å². The third-order valence-corrected chi connectivity index (χ3v) is 4.01. The summed E-state index contributed by atoms with van der Waals surface area (Å²) in [5.41, 5.74) is 0.905. The average molecular weight is 226 g/mol. The molecule has 0 aromatic rings. The predicted octanol–water partition coefficient (Wildman–Crippen LogP) is 0.722.